The van der Waals surface area contributed by atoms with Gasteiger partial charge in [0, 0.05) is 30.1 Å². The van der Waals surface area contributed by atoms with Crippen molar-refractivity contribution in [3.05, 3.63) is 60.3 Å². The van der Waals surface area contributed by atoms with Crippen LogP contribution in [0.4, 0.5) is 32.2 Å². The molecule has 1 aromatic carbocycles. The molecule has 162 valence electrons. The minimum atomic E-state index is -4.99. The van der Waals surface area contributed by atoms with Gasteiger partial charge in [-0.15, -0.1) is 5.10 Å². The Bertz CT molecular complexity index is 1060. The lowest BCUT2D eigenvalue weighted by atomic mass is 10.0. The number of rotatable bonds is 5. The molecule has 3 aromatic rings. The van der Waals surface area contributed by atoms with E-state index in [0.29, 0.717) is 18.0 Å². The van der Waals surface area contributed by atoms with Gasteiger partial charge in [0.05, 0.1) is 11.1 Å². The SMILES string of the molecule is O=C(C=Cn1cnc(-c2cc(C(F)(F)F)cc(C(F)(F)F)c2)n1)NNc1ccncn1. The molecule has 0 radical (unpaired) electrons. The fourth-order valence-corrected chi connectivity index (χ4v) is 2.24. The van der Waals surface area contributed by atoms with E-state index < -0.39 is 35.0 Å². The Morgan fingerprint density at radius 1 is 1.00 bits per heavy atom. The molecule has 0 unspecified atom stereocenters. The topological polar surface area (TPSA) is 97.6 Å². The van der Waals surface area contributed by atoms with Crippen LogP contribution in [-0.4, -0.2) is 30.6 Å². The van der Waals surface area contributed by atoms with E-state index in [9.17, 15) is 31.1 Å². The molecule has 0 aliphatic rings. The van der Waals surface area contributed by atoms with E-state index in [-0.39, 0.29) is 11.9 Å². The lowest BCUT2D eigenvalue weighted by Gasteiger charge is -2.13. The molecular formula is C17H11F6N7O. The number of carbonyl (C=O) groups excluding carboxylic acids is 1. The number of anilines is 1. The van der Waals surface area contributed by atoms with Gasteiger partial charge in [-0.3, -0.25) is 15.6 Å². The Morgan fingerprint density at radius 2 is 1.68 bits per heavy atom. The van der Waals surface area contributed by atoms with Gasteiger partial charge in [0.1, 0.15) is 18.5 Å². The molecule has 0 bridgehead atoms. The summed E-state index contributed by atoms with van der Waals surface area (Å²) in [5.74, 6) is -0.723. The summed E-state index contributed by atoms with van der Waals surface area (Å²) < 4.78 is 78.8. The van der Waals surface area contributed by atoms with Gasteiger partial charge >= 0.3 is 12.4 Å². The maximum atomic E-state index is 13.0. The average Bonchev–Trinajstić information content (AvgIpc) is 3.19. The molecule has 0 aliphatic heterocycles. The monoisotopic (exact) mass is 443 g/mol. The highest BCUT2D eigenvalue weighted by atomic mass is 19.4. The molecule has 2 N–H and O–H groups in total. The molecule has 0 atom stereocenters. The quantitative estimate of drug-likeness (QED) is 0.357. The Labute approximate surface area is 169 Å². The maximum absolute atomic E-state index is 13.0. The van der Waals surface area contributed by atoms with Gasteiger partial charge in [-0.1, -0.05) is 0 Å². The number of nitrogens with one attached hydrogen (secondary N) is 2. The number of amides is 1. The Balaban J connectivity index is 1.77. The number of halogens is 6. The van der Waals surface area contributed by atoms with Crippen LogP contribution in [0.25, 0.3) is 17.6 Å². The molecule has 8 nitrogen and oxygen atoms in total. The van der Waals surface area contributed by atoms with Crippen LogP contribution in [0.2, 0.25) is 0 Å². The average molecular weight is 443 g/mol. The van der Waals surface area contributed by atoms with Crippen LogP contribution in [0.15, 0.2) is 49.2 Å². The third-order valence-corrected chi connectivity index (χ3v) is 3.63. The first-order valence-electron chi connectivity index (χ1n) is 8.23. The van der Waals surface area contributed by atoms with E-state index in [1.54, 1.807) is 0 Å². The summed E-state index contributed by atoms with van der Waals surface area (Å²) >= 11 is 0. The largest absolute Gasteiger partial charge is 0.416 e. The number of nitrogens with zero attached hydrogens (tertiary/aromatic N) is 5. The van der Waals surface area contributed by atoms with E-state index in [2.05, 4.69) is 30.9 Å². The smallest absolute Gasteiger partial charge is 0.282 e. The first-order valence-corrected chi connectivity index (χ1v) is 8.23. The molecule has 1 amide bonds. The third kappa shape index (κ3) is 5.77. The van der Waals surface area contributed by atoms with Gasteiger partial charge in [-0.05, 0) is 18.2 Å². The summed E-state index contributed by atoms with van der Waals surface area (Å²) in [6.45, 7) is 0. The number of hydrogen-bond acceptors (Lipinski definition) is 6. The molecule has 31 heavy (non-hydrogen) atoms. The molecule has 2 aromatic heterocycles. The molecule has 3 rings (SSSR count). The molecule has 0 saturated heterocycles. The van der Waals surface area contributed by atoms with Crippen molar-refractivity contribution < 1.29 is 31.1 Å². The fraction of sp³-hybridized carbons (Fsp3) is 0.118. The number of benzene rings is 1. The first kappa shape index (κ1) is 21.7. The van der Waals surface area contributed by atoms with Gasteiger partial charge in [0.25, 0.3) is 5.91 Å². The second-order valence-corrected chi connectivity index (χ2v) is 5.87. The van der Waals surface area contributed by atoms with Crippen LogP contribution in [0.3, 0.4) is 0 Å². The van der Waals surface area contributed by atoms with E-state index in [1.807, 2.05) is 0 Å². The lowest BCUT2D eigenvalue weighted by molar-refractivity contribution is -0.143. The Kier molecular flexibility index (Phi) is 5.90. The van der Waals surface area contributed by atoms with Gasteiger partial charge in [-0.25, -0.2) is 19.6 Å². The van der Waals surface area contributed by atoms with Crippen molar-refractivity contribution in [1.29, 1.82) is 0 Å². The van der Waals surface area contributed by atoms with E-state index in [1.165, 1.54) is 18.6 Å². The maximum Gasteiger partial charge on any atom is 0.416 e. The summed E-state index contributed by atoms with van der Waals surface area (Å²) in [7, 11) is 0. The van der Waals surface area contributed by atoms with Crippen LogP contribution < -0.4 is 10.9 Å². The van der Waals surface area contributed by atoms with Gasteiger partial charge < -0.3 is 0 Å². The number of hydrazine groups is 1. The summed E-state index contributed by atoms with van der Waals surface area (Å²) in [4.78, 5) is 23.0. The number of aromatic nitrogens is 5. The van der Waals surface area contributed by atoms with E-state index in [0.717, 1.165) is 23.3 Å². The standard InChI is InChI=1S/C17H11F6N7O/c18-16(19,20)11-5-10(6-12(7-11)17(21,22)23)15-26-9-30(29-15)4-2-14(31)28-27-13-1-3-24-8-25-13/h1-9H,(H,28,31)(H,24,25,27). The van der Waals surface area contributed by atoms with Crippen LogP contribution >= 0.6 is 0 Å². The van der Waals surface area contributed by atoms with Crippen molar-refractivity contribution in [3.63, 3.8) is 0 Å². The van der Waals surface area contributed by atoms with Crippen LogP contribution in [-0.2, 0) is 17.1 Å². The van der Waals surface area contributed by atoms with E-state index >= 15 is 0 Å². The van der Waals surface area contributed by atoms with Gasteiger partial charge in [0.2, 0.25) is 0 Å². The predicted molar refractivity (Wildman–Crippen MR) is 94.6 cm³/mol. The van der Waals surface area contributed by atoms with E-state index in [4.69, 9.17) is 0 Å². The summed E-state index contributed by atoms with van der Waals surface area (Å²) in [5.41, 5.74) is 1.31. The Morgan fingerprint density at radius 3 is 2.26 bits per heavy atom. The zero-order valence-corrected chi connectivity index (χ0v) is 15.1. The molecule has 0 spiro atoms. The van der Waals surface area contributed by atoms with Gasteiger partial charge in [-0.2, -0.15) is 26.3 Å². The predicted octanol–water partition coefficient (Wildman–Crippen LogP) is 3.39. The summed E-state index contributed by atoms with van der Waals surface area (Å²) in [6.07, 6.45) is -4.18. The highest BCUT2D eigenvalue weighted by Gasteiger charge is 2.37. The molecular weight excluding hydrogens is 432 g/mol. The second kappa shape index (κ2) is 8.41. The van der Waals surface area contributed by atoms with Crippen molar-refractivity contribution in [2.24, 2.45) is 0 Å². The number of carbonyl (C=O) groups is 1. The van der Waals surface area contributed by atoms with Crippen molar-refractivity contribution in [1.82, 2.24) is 30.2 Å². The van der Waals surface area contributed by atoms with Crippen LogP contribution in [0, 0.1) is 0 Å². The zero-order valence-electron chi connectivity index (χ0n) is 15.1. The summed E-state index contributed by atoms with van der Waals surface area (Å²) in [5, 5.41) is 3.78. The third-order valence-electron chi connectivity index (χ3n) is 3.63. The molecule has 2 heterocycles. The van der Waals surface area contributed by atoms with Crippen LogP contribution in [0.1, 0.15) is 11.1 Å². The number of hydrogen-bond donors (Lipinski definition) is 2. The van der Waals surface area contributed by atoms with Crippen LogP contribution in [0.5, 0.6) is 0 Å². The molecule has 0 aliphatic carbocycles. The molecule has 14 heteroatoms. The fourth-order valence-electron chi connectivity index (χ4n) is 2.24. The molecule has 0 saturated carbocycles. The highest BCUT2D eigenvalue weighted by Crippen LogP contribution is 2.37. The highest BCUT2D eigenvalue weighted by molar-refractivity contribution is 5.90. The van der Waals surface area contributed by atoms with Crippen molar-refractivity contribution >= 4 is 17.9 Å². The van der Waals surface area contributed by atoms with Crippen molar-refractivity contribution in [3.8, 4) is 11.4 Å². The second-order valence-electron chi connectivity index (χ2n) is 5.87. The van der Waals surface area contributed by atoms with Crippen molar-refractivity contribution in [2.45, 2.75) is 12.4 Å². The number of alkyl halides is 6. The minimum absolute atomic E-state index is 0.00932. The first-order chi connectivity index (χ1) is 14.5. The zero-order chi connectivity index (χ0) is 22.6. The van der Waals surface area contributed by atoms with Gasteiger partial charge in [0.15, 0.2) is 5.82 Å². The lowest BCUT2D eigenvalue weighted by Crippen LogP contribution is -2.28. The minimum Gasteiger partial charge on any atom is -0.282 e. The normalized spacial score (nSPS) is 12.2. The summed E-state index contributed by atoms with van der Waals surface area (Å²) in [6, 6.07) is 2.52. The van der Waals surface area contributed by atoms with Crippen molar-refractivity contribution in [2.75, 3.05) is 5.43 Å². The molecule has 0 fully saturated rings. The Hall–Kier alpha value is -3.97.